The standard InChI is InChI=1S/C14H20O3/c1-9-8-14(16-6-7-17-14)10(2)11-4-3-5-12(15)13(9)11/h3,5,9-11,13H,4,6-8H2,1-2H3/t9-,10?,11?,13?/m0/s1. The summed E-state index contributed by atoms with van der Waals surface area (Å²) < 4.78 is 11.8. The number of hydrogen-bond donors (Lipinski definition) is 0. The lowest BCUT2D eigenvalue weighted by atomic mass is 9.60. The zero-order valence-electron chi connectivity index (χ0n) is 10.5. The molecule has 2 fully saturated rings. The zero-order chi connectivity index (χ0) is 12.0. The first-order chi connectivity index (χ1) is 8.14. The van der Waals surface area contributed by atoms with Crippen molar-refractivity contribution in [1.82, 2.24) is 0 Å². The van der Waals surface area contributed by atoms with Crippen molar-refractivity contribution in [2.24, 2.45) is 23.7 Å². The molecular formula is C14H20O3. The highest BCUT2D eigenvalue weighted by molar-refractivity contribution is 5.93. The van der Waals surface area contributed by atoms with Crippen LogP contribution in [0.25, 0.3) is 0 Å². The maximum Gasteiger partial charge on any atom is 0.171 e. The molecule has 94 valence electrons. The van der Waals surface area contributed by atoms with Crippen LogP contribution in [0.5, 0.6) is 0 Å². The summed E-state index contributed by atoms with van der Waals surface area (Å²) in [5.41, 5.74) is 0. The minimum absolute atomic E-state index is 0.174. The van der Waals surface area contributed by atoms with Gasteiger partial charge in [0.05, 0.1) is 13.2 Å². The number of ether oxygens (including phenoxy) is 2. The molecule has 1 spiro atoms. The average Bonchev–Trinajstić information content (AvgIpc) is 2.75. The topological polar surface area (TPSA) is 35.5 Å². The average molecular weight is 236 g/mol. The molecule has 4 atom stereocenters. The molecule has 0 aromatic heterocycles. The molecule has 3 rings (SSSR count). The third-order valence-corrected chi connectivity index (χ3v) is 4.81. The van der Waals surface area contributed by atoms with Crippen molar-refractivity contribution in [3.05, 3.63) is 12.2 Å². The molecule has 2 aliphatic carbocycles. The molecule has 1 aliphatic heterocycles. The fraction of sp³-hybridized carbons (Fsp3) is 0.786. The number of carbonyl (C=O) groups excluding carboxylic acids is 1. The van der Waals surface area contributed by atoms with Gasteiger partial charge in [0, 0.05) is 18.3 Å². The van der Waals surface area contributed by atoms with E-state index in [0.717, 1.165) is 12.8 Å². The molecule has 1 saturated carbocycles. The van der Waals surface area contributed by atoms with E-state index in [9.17, 15) is 4.79 Å². The summed E-state index contributed by atoms with van der Waals surface area (Å²) in [5.74, 6) is 1.11. The van der Waals surface area contributed by atoms with E-state index in [2.05, 4.69) is 13.8 Å². The van der Waals surface area contributed by atoms with Gasteiger partial charge < -0.3 is 9.47 Å². The lowest BCUT2D eigenvalue weighted by Gasteiger charge is -2.49. The van der Waals surface area contributed by atoms with Crippen molar-refractivity contribution in [3.63, 3.8) is 0 Å². The third-order valence-electron chi connectivity index (χ3n) is 4.81. The molecule has 3 heteroatoms. The van der Waals surface area contributed by atoms with Crippen molar-refractivity contribution in [2.75, 3.05) is 13.2 Å². The molecule has 3 aliphatic rings. The second kappa shape index (κ2) is 3.92. The molecule has 3 unspecified atom stereocenters. The van der Waals surface area contributed by atoms with Gasteiger partial charge in [0.2, 0.25) is 0 Å². The van der Waals surface area contributed by atoms with E-state index in [1.807, 2.05) is 6.08 Å². The van der Waals surface area contributed by atoms with Crippen molar-refractivity contribution in [2.45, 2.75) is 32.5 Å². The number of fused-ring (bicyclic) bond motifs is 1. The van der Waals surface area contributed by atoms with Gasteiger partial charge in [0.25, 0.3) is 0 Å². The minimum Gasteiger partial charge on any atom is -0.347 e. The number of rotatable bonds is 0. The lowest BCUT2D eigenvalue weighted by Crippen LogP contribution is -2.53. The lowest BCUT2D eigenvalue weighted by molar-refractivity contribution is -0.239. The van der Waals surface area contributed by atoms with Crippen LogP contribution in [0, 0.1) is 23.7 Å². The van der Waals surface area contributed by atoms with Gasteiger partial charge in [-0.25, -0.2) is 0 Å². The van der Waals surface area contributed by atoms with Crippen LogP contribution in [-0.4, -0.2) is 24.8 Å². The minimum atomic E-state index is -0.411. The van der Waals surface area contributed by atoms with Gasteiger partial charge in [-0.2, -0.15) is 0 Å². The first-order valence-electron chi connectivity index (χ1n) is 6.62. The van der Waals surface area contributed by atoms with Gasteiger partial charge in [-0.05, 0) is 24.3 Å². The summed E-state index contributed by atoms with van der Waals surface area (Å²) in [6, 6.07) is 0. The van der Waals surface area contributed by atoms with E-state index >= 15 is 0 Å². The summed E-state index contributed by atoms with van der Waals surface area (Å²) in [7, 11) is 0. The van der Waals surface area contributed by atoms with Crippen LogP contribution in [0.4, 0.5) is 0 Å². The summed E-state index contributed by atoms with van der Waals surface area (Å²) in [6.07, 6.45) is 5.62. The Kier molecular flexibility index (Phi) is 2.64. The van der Waals surface area contributed by atoms with Crippen molar-refractivity contribution < 1.29 is 14.3 Å². The molecule has 1 heterocycles. The molecule has 0 radical (unpaired) electrons. The number of allylic oxidation sites excluding steroid dienone is 2. The normalized spacial score (nSPS) is 44.0. The highest BCUT2D eigenvalue weighted by Gasteiger charge is 2.55. The van der Waals surface area contributed by atoms with E-state index in [1.54, 1.807) is 6.08 Å². The second-order valence-corrected chi connectivity index (χ2v) is 5.71. The van der Waals surface area contributed by atoms with Crippen molar-refractivity contribution in [1.29, 1.82) is 0 Å². The molecule has 1 saturated heterocycles. The van der Waals surface area contributed by atoms with E-state index in [4.69, 9.17) is 9.47 Å². The van der Waals surface area contributed by atoms with E-state index in [0.29, 0.717) is 36.8 Å². The Morgan fingerprint density at radius 1 is 1.29 bits per heavy atom. The van der Waals surface area contributed by atoms with Gasteiger partial charge in [-0.3, -0.25) is 4.79 Å². The predicted octanol–water partition coefficient (Wildman–Crippen LogP) is 2.17. The van der Waals surface area contributed by atoms with Crippen LogP contribution in [0.2, 0.25) is 0 Å². The largest absolute Gasteiger partial charge is 0.347 e. The van der Waals surface area contributed by atoms with Crippen LogP contribution >= 0.6 is 0 Å². The van der Waals surface area contributed by atoms with Gasteiger partial charge in [-0.1, -0.05) is 19.9 Å². The monoisotopic (exact) mass is 236 g/mol. The first-order valence-corrected chi connectivity index (χ1v) is 6.62. The number of carbonyl (C=O) groups is 1. The first kappa shape index (κ1) is 11.4. The van der Waals surface area contributed by atoms with Crippen LogP contribution in [-0.2, 0) is 14.3 Å². The third kappa shape index (κ3) is 1.59. The fourth-order valence-electron chi connectivity index (χ4n) is 3.97. The molecule has 0 aromatic rings. The van der Waals surface area contributed by atoms with Gasteiger partial charge in [0.15, 0.2) is 11.6 Å². The SMILES string of the molecule is CC1C2CC=CC(=O)C2[C@@H](C)CC12OCCO2. The van der Waals surface area contributed by atoms with E-state index in [-0.39, 0.29) is 5.92 Å². The Labute approximate surface area is 102 Å². The highest BCUT2D eigenvalue weighted by atomic mass is 16.7. The van der Waals surface area contributed by atoms with Gasteiger partial charge in [0.1, 0.15) is 0 Å². The summed E-state index contributed by atoms with van der Waals surface area (Å²) >= 11 is 0. The van der Waals surface area contributed by atoms with E-state index in [1.165, 1.54) is 0 Å². The number of ketones is 1. The molecule has 0 aromatic carbocycles. The summed E-state index contributed by atoms with van der Waals surface area (Å²) in [5, 5.41) is 0. The molecular weight excluding hydrogens is 216 g/mol. The van der Waals surface area contributed by atoms with Gasteiger partial charge >= 0.3 is 0 Å². The molecule has 0 N–H and O–H groups in total. The summed E-state index contributed by atoms with van der Waals surface area (Å²) in [4.78, 5) is 12.0. The molecule has 3 nitrogen and oxygen atoms in total. The Bertz CT molecular complexity index is 354. The van der Waals surface area contributed by atoms with Crippen LogP contribution in [0.15, 0.2) is 12.2 Å². The van der Waals surface area contributed by atoms with Crippen LogP contribution in [0.1, 0.15) is 26.7 Å². The Balaban J connectivity index is 1.93. The molecule has 0 amide bonds. The second-order valence-electron chi connectivity index (χ2n) is 5.71. The highest BCUT2D eigenvalue weighted by Crippen LogP contribution is 2.51. The van der Waals surface area contributed by atoms with Gasteiger partial charge in [-0.15, -0.1) is 0 Å². The maximum absolute atomic E-state index is 12.0. The maximum atomic E-state index is 12.0. The van der Waals surface area contributed by atoms with E-state index < -0.39 is 5.79 Å². The van der Waals surface area contributed by atoms with Crippen molar-refractivity contribution in [3.8, 4) is 0 Å². The van der Waals surface area contributed by atoms with Crippen LogP contribution in [0.3, 0.4) is 0 Å². The summed E-state index contributed by atoms with van der Waals surface area (Å²) in [6.45, 7) is 5.73. The Hall–Kier alpha value is -0.670. The fourth-order valence-corrected chi connectivity index (χ4v) is 3.97. The van der Waals surface area contributed by atoms with Crippen molar-refractivity contribution >= 4 is 5.78 Å². The smallest absolute Gasteiger partial charge is 0.171 e. The number of hydrogen-bond acceptors (Lipinski definition) is 3. The predicted molar refractivity (Wildman–Crippen MR) is 63.3 cm³/mol. The Morgan fingerprint density at radius 2 is 2.00 bits per heavy atom. The Morgan fingerprint density at radius 3 is 2.71 bits per heavy atom. The van der Waals surface area contributed by atoms with Crippen LogP contribution < -0.4 is 0 Å². The quantitative estimate of drug-likeness (QED) is 0.646. The molecule has 0 bridgehead atoms. The zero-order valence-corrected chi connectivity index (χ0v) is 10.5. The molecule has 17 heavy (non-hydrogen) atoms.